The quantitative estimate of drug-likeness (QED) is 0.564. The zero-order valence-electron chi connectivity index (χ0n) is 8.42. The molecule has 0 heterocycles. The van der Waals surface area contributed by atoms with Crippen LogP contribution in [0.5, 0.6) is 0 Å². The highest BCUT2D eigenvalue weighted by Gasteiger charge is 2.22. The van der Waals surface area contributed by atoms with E-state index in [1.807, 2.05) is 20.8 Å². The third-order valence-corrected chi connectivity index (χ3v) is 1.50. The molecular formula is C9H18ClNO2. The van der Waals surface area contributed by atoms with Gasteiger partial charge in [-0.25, -0.2) is 4.79 Å². The molecule has 4 heteroatoms. The summed E-state index contributed by atoms with van der Waals surface area (Å²) in [6.45, 7) is 10.0. The van der Waals surface area contributed by atoms with Gasteiger partial charge >= 0.3 is 5.97 Å². The molecule has 2 N–H and O–H groups in total. The highest BCUT2D eigenvalue weighted by Crippen LogP contribution is 2.24. The molecule has 0 aliphatic heterocycles. The maximum atomic E-state index is 11.2. The Morgan fingerprint density at radius 3 is 2.23 bits per heavy atom. The molecule has 0 unspecified atom stereocenters. The van der Waals surface area contributed by atoms with Crippen molar-refractivity contribution in [3.63, 3.8) is 0 Å². The Bertz CT molecular complexity index is 185. The van der Waals surface area contributed by atoms with Gasteiger partial charge < -0.3 is 10.5 Å². The number of carbonyl (C=O) groups is 1. The lowest BCUT2D eigenvalue weighted by Gasteiger charge is -2.19. The number of esters is 1. The van der Waals surface area contributed by atoms with Gasteiger partial charge in [-0.15, -0.1) is 12.4 Å². The minimum absolute atomic E-state index is 0. The van der Waals surface area contributed by atoms with Gasteiger partial charge in [0.05, 0.1) is 0 Å². The normalized spacial score (nSPS) is 10.2. The summed E-state index contributed by atoms with van der Waals surface area (Å²) in [6.07, 6.45) is 0. The molecule has 0 amide bonds. The highest BCUT2D eigenvalue weighted by molar-refractivity contribution is 5.88. The first kappa shape index (κ1) is 15.0. The maximum Gasteiger partial charge on any atom is 0.333 e. The van der Waals surface area contributed by atoms with Crippen molar-refractivity contribution in [3.05, 3.63) is 12.2 Å². The Morgan fingerprint density at radius 1 is 1.46 bits per heavy atom. The molecule has 0 radical (unpaired) electrons. The van der Waals surface area contributed by atoms with Crippen molar-refractivity contribution in [2.45, 2.75) is 20.8 Å². The van der Waals surface area contributed by atoms with E-state index in [4.69, 9.17) is 10.5 Å². The molecule has 13 heavy (non-hydrogen) atoms. The summed E-state index contributed by atoms with van der Waals surface area (Å²) in [4.78, 5) is 11.2. The van der Waals surface area contributed by atoms with E-state index in [0.717, 1.165) is 0 Å². The average molecular weight is 208 g/mol. The van der Waals surface area contributed by atoms with Crippen LogP contribution in [0.4, 0.5) is 0 Å². The minimum atomic E-state index is -0.354. The van der Waals surface area contributed by atoms with Crippen LogP contribution < -0.4 is 5.73 Å². The summed E-state index contributed by atoms with van der Waals surface area (Å²) < 4.78 is 4.82. The first-order valence-electron chi connectivity index (χ1n) is 3.96. The molecule has 0 rings (SSSR count). The van der Waals surface area contributed by atoms with Crippen LogP contribution in [0.2, 0.25) is 0 Å². The Labute approximate surface area is 85.7 Å². The van der Waals surface area contributed by atoms with Crippen LogP contribution >= 0.6 is 12.4 Å². The topological polar surface area (TPSA) is 52.3 Å². The van der Waals surface area contributed by atoms with Gasteiger partial charge in [-0.05, 0) is 5.41 Å². The van der Waals surface area contributed by atoms with Gasteiger partial charge in [0.15, 0.2) is 0 Å². The molecule has 0 saturated heterocycles. The number of ether oxygens (including phenoxy) is 1. The summed E-state index contributed by atoms with van der Waals surface area (Å²) in [7, 11) is 0. The van der Waals surface area contributed by atoms with Gasteiger partial charge in [0, 0.05) is 12.1 Å². The third-order valence-electron chi connectivity index (χ3n) is 1.50. The van der Waals surface area contributed by atoms with Crippen LogP contribution in [0.1, 0.15) is 20.8 Å². The molecule has 0 aliphatic carbocycles. The number of nitrogens with two attached hydrogens (primary N) is 1. The van der Waals surface area contributed by atoms with Crippen molar-refractivity contribution in [1.82, 2.24) is 0 Å². The number of hydrogen-bond acceptors (Lipinski definition) is 3. The van der Waals surface area contributed by atoms with E-state index in [9.17, 15) is 4.79 Å². The van der Waals surface area contributed by atoms with E-state index >= 15 is 0 Å². The summed E-state index contributed by atoms with van der Waals surface area (Å²) >= 11 is 0. The first-order chi connectivity index (χ1) is 5.39. The Balaban J connectivity index is 0. The fraction of sp³-hybridized carbons (Fsp3) is 0.667. The SMILES string of the molecule is C=C(C(=O)OCCN)C(C)(C)C.Cl. The molecule has 0 aromatic carbocycles. The minimum Gasteiger partial charge on any atom is -0.461 e. The van der Waals surface area contributed by atoms with Crippen LogP contribution in [-0.2, 0) is 9.53 Å². The largest absolute Gasteiger partial charge is 0.461 e. The number of rotatable bonds is 3. The van der Waals surface area contributed by atoms with Gasteiger partial charge in [-0.1, -0.05) is 27.4 Å². The fourth-order valence-electron chi connectivity index (χ4n) is 0.545. The van der Waals surface area contributed by atoms with E-state index in [1.165, 1.54) is 0 Å². The predicted molar refractivity (Wildman–Crippen MR) is 55.9 cm³/mol. The van der Waals surface area contributed by atoms with Crippen molar-refractivity contribution in [2.24, 2.45) is 11.1 Å². The van der Waals surface area contributed by atoms with Crippen molar-refractivity contribution < 1.29 is 9.53 Å². The van der Waals surface area contributed by atoms with E-state index in [2.05, 4.69) is 6.58 Å². The summed E-state index contributed by atoms with van der Waals surface area (Å²) in [5.74, 6) is -0.354. The van der Waals surface area contributed by atoms with Gasteiger partial charge in [0.25, 0.3) is 0 Å². The number of hydrogen-bond donors (Lipinski definition) is 1. The lowest BCUT2D eigenvalue weighted by atomic mass is 9.88. The highest BCUT2D eigenvalue weighted by atomic mass is 35.5. The second-order valence-corrected chi connectivity index (χ2v) is 3.65. The van der Waals surface area contributed by atoms with Crippen LogP contribution in [0.25, 0.3) is 0 Å². The lowest BCUT2D eigenvalue weighted by Crippen LogP contribution is -2.21. The van der Waals surface area contributed by atoms with E-state index in [1.54, 1.807) is 0 Å². The van der Waals surface area contributed by atoms with Crippen molar-refractivity contribution >= 4 is 18.4 Å². The Hall–Kier alpha value is -0.540. The third kappa shape index (κ3) is 5.66. The molecule has 78 valence electrons. The molecule has 0 aromatic heterocycles. The van der Waals surface area contributed by atoms with Gasteiger partial charge in [-0.3, -0.25) is 0 Å². The number of halogens is 1. The Morgan fingerprint density at radius 2 is 1.92 bits per heavy atom. The summed E-state index contributed by atoms with van der Waals surface area (Å²) in [6, 6.07) is 0. The van der Waals surface area contributed by atoms with Crippen LogP contribution in [0, 0.1) is 5.41 Å². The molecule has 0 bridgehead atoms. The second-order valence-electron chi connectivity index (χ2n) is 3.65. The second kappa shape index (κ2) is 6.00. The maximum absolute atomic E-state index is 11.2. The summed E-state index contributed by atoms with van der Waals surface area (Å²) in [5.41, 5.74) is 5.43. The average Bonchev–Trinajstić information content (AvgIpc) is 1.97. The Kier molecular flexibility index (Phi) is 6.90. The van der Waals surface area contributed by atoms with E-state index < -0.39 is 0 Å². The predicted octanol–water partition coefficient (Wildman–Crippen LogP) is 1.51. The molecule has 0 atom stereocenters. The van der Waals surface area contributed by atoms with E-state index in [0.29, 0.717) is 12.1 Å². The molecule has 0 aromatic rings. The first-order valence-corrected chi connectivity index (χ1v) is 3.96. The van der Waals surface area contributed by atoms with Crippen LogP contribution in [0.3, 0.4) is 0 Å². The van der Waals surface area contributed by atoms with Gasteiger partial charge in [0.2, 0.25) is 0 Å². The molecule has 0 saturated carbocycles. The molecule has 0 fully saturated rings. The van der Waals surface area contributed by atoms with Crippen molar-refractivity contribution in [1.29, 1.82) is 0 Å². The fourth-order valence-corrected chi connectivity index (χ4v) is 0.545. The zero-order valence-corrected chi connectivity index (χ0v) is 9.24. The number of carbonyl (C=O) groups excluding carboxylic acids is 1. The molecule has 0 spiro atoms. The van der Waals surface area contributed by atoms with Crippen molar-refractivity contribution in [3.8, 4) is 0 Å². The summed E-state index contributed by atoms with van der Waals surface area (Å²) in [5, 5.41) is 0. The zero-order chi connectivity index (χ0) is 9.78. The lowest BCUT2D eigenvalue weighted by molar-refractivity contribution is -0.139. The molecule has 0 aliphatic rings. The standard InChI is InChI=1S/C9H17NO2.ClH/c1-7(9(2,3)4)8(11)12-6-5-10;/h1,5-6,10H2,2-4H3;1H. The van der Waals surface area contributed by atoms with Crippen molar-refractivity contribution in [2.75, 3.05) is 13.2 Å². The van der Waals surface area contributed by atoms with Gasteiger partial charge in [-0.2, -0.15) is 0 Å². The van der Waals surface area contributed by atoms with Crippen LogP contribution in [0.15, 0.2) is 12.2 Å². The van der Waals surface area contributed by atoms with E-state index in [-0.39, 0.29) is 30.4 Å². The molecular weight excluding hydrogens is 190 g/mol. The monoisotopic (exact) mass is 207 g/mol. The smallest absolute Gasteiger partial charge is 0.333 e. The van der Waals surface area contributed by atoms with Crippen LogP contribution in [-0.4, -0.2) is 19.1 Å². The molecule has 3 nitrogen and oxygen atoms in total. The van der Waals surface area contributed by atoms with Gasteiger partial charge in [0.1, 0.15) is 6.61 Å².